The number of aliphatic imine (C=N–C) groups is 2. The van der Waals surface area contributed by atoms with E-state index >= 15 is 0 Å². The summed E-state index contributed by atoms with van der Waals surface area (Å²) in [6.07, 6.45) is -0.433. The fraction of sp³-hybridized carbons (Fsp3) is 0.0233. The van der Waals surface area contributed by atoms with E-state index < -0.39 is 6.17 Å². The molecule has 1 unspecified atom stereocenters. The maximum absolute atomic E-state index is 6.62. The number of nitrogens with zero attached hydrogens (tertiary/aromatic N) is 2. The molecule has 1 N–H and O–H groups in total. The summed E-state index contributed by atoms with van der Waals surface area (Å²) >= 11 is 0. The lowest BCUT2D eigenvalue weighted by molar-refractivity contribution is 0.663. The van der Waals surface area contributed by atoms with Crippen molar-refractivity contribution in [1.82, 2.24) is 5.32 Å². The van der Waals surface area contributed by atoms with Crippen LogP contribution < -0.4 is 5.32 Å². The summed E-state index contributed by atoms with van der Waals surface area (Å²) < 4.78 is 12.9. The van der Waals surface area contributed by atoms with Gasteiger partial charge in [0.05, 0.1) is 0 Å². The topological polar surface area (TPSA) is 63.0 Å². The minimum absolute atomic E-state index is 0.433. The average molecular weight is 618 g/mol. The number of fused-ring (bicyclic) bond motifs is 7. The molecular formula is C43H27N3O2. The third-order valence-electron chi connectivity index (χ3n) is 9.34. The second-order valence-electron chi connectivity index (χ2n) is 12.2. The van der Waals surface area contributed by atoms with Gasteiger partial charge in [0.2, 0.25) is 0 Å². The first-order valence-electron chi connectivity index (χ1n) is 16.1. The van der Waals surface area contributed by atoms with Crippen LogP contribution in [0.5, 0.6) is 0 Å². The molecule has 3 heterocycles. The van der Waals surface area contributed by atoms with E-state index in [1.54, 1.807) is 0 Å². The molecule has 226 valence electrons. The van der Waals surface area contributed by atoms with Crippen LogP contribution in [0.3, 0.4) is 0 Å². The Morgan fingerprint density at radius 3 is 2.12 bits per heavy atom. The fourth-order valence-corrected chi connectivity index (χ4v) is 7.12. The summed E-state index contributed by atoms with van der Waals surface area (Å²) in [5.41, 5.74) is 8.47. The molecule has 0 bridgehead atoms. The number of hydrogen-bond donors (Lipinski definition) is 1. The summed E-state index contributed by atoms with van der Waals surface area (Å²) in [5.74, 6) is 1.41. The van der Waals surface area contributed by atoms with E-state index in [1.807, 2.05) is 48.5 Å². The Labute approximate surface area is 275 Å². The SMILES string of the molecule is c1ccc(-c2cccc3c2oc2cccc(C4N=C(c5ccc6ccccc6c5)N=C(c5cccc6oc7ccccc7c56)N4)c23)cc1. The number of para-hydroxylation sites is 2. The smallest absolute Gasteiger partial charge is 0.159 e. The van der Waals surface area contributed by atoms with Crippen molar-refractivity contribution in [2.45, 2.75) is 6.17 Å². The van der Waals surface area contributed by atoms with E-state index in [0.29, 0.717) is 5.84 Å². The first-order valence-corrected chi connectivity index (χ1v) is 16.1. The van der Waals surface area contributed by atoms with E-state index in [-0.39, 0.29) is 0 Å². The zero-order chi connectivity index (χ0) is 31.6. The molecule has 0 spiro atoms. The Morgan fingerprint density at radius 2 is 1.21 bits per heavy atom. The van der Waals surface area contributed by atoms with Crippen molar-refractivity contribution < 1.29 is 8.83 Å². The molecule has 5 nitrogen and oxygen atoms in total. The number of amidine groups is 2. The van der Waals surface area contributed by atoms with Gasteiger partial charge in [0.1, 0.15) is 34.3 Å². The van der Waals surface area contributed by atoms with Gasteiger partial charge < -0.3 is 14.2 Å². The summed E-state index contributed by atoms with van der Waals surface area (Å²) in [4.78, 5) is 10.5. The van der Waals surface area contributed by atoms with Crippen LogP contribution in [0.25, 0.3) is 65.8 Å². The number of nitrogens with one attached hydrogen (secondary N) is 1. The molecule has 7 aromatic carbocycles. The molecular weight excluding hydrogens is 590 g/mol. The van der Waals surface area contributed by atoms with E-state index in [0.717, 1.165) is 82.9 Å². The van der Waals surface area contributed by atoms with Crippen molar-refractivity contribution >= 4 is 66.3 Å². The van der Waals surface area contributed by atoms with Crippen LogP contribution in [0.15, 0.2) is 170 Å². The minimum atomic E-state index is -0.433. The molecule has 0 amide bonds. The molecule has 1 aliphatic heterocycles. The van der Waals surface area contributed by atoms with Crippen molar-refractivity contribution in [1.29, 1.82) is 0 Å². The molecule has 1 atom stereocenters. The maximum Gasteiger partial charge on any atom is 0.159 e. The predicted octanol–water partition coefficient (Wildman–Crippen LogP) is 10.8. The number of benzene rings is 7. The van der Waals surface area contributed by atoms with Crippen LogP contribution in [0.1, 0.15) is 22.9 Å². The lowest BCUT2D eigenvalue weighted by atomic mass is 9.99. The third kappa shape index (κ3) is 4.18. The molecule has 5 heteroatoms. The van der Waals surface area contributed by atoms with Gasteiger partial charge in [0.25, 0.3) is 0 Å². The highest BCUT2D eigenvalue weighted by Crippen LogP contribution is 2.40. The molecule has 0 saturated carbocycles. The second-order valence-corrected chi connectivity index (χ2v) is 12.2. The van der Waals surface area contributed by atoms with Crippen molar-refractivity contribution in [3.63, 3.8) is 0 Å². The van der Waals surface area contributed by atoms with Gasteiger partial charge in [0.15, 0.2) is 5.84 Å². The highest BCUT2D eigenvalue weighted by Gasteiger charge is 2.27. The Morgan fingerprint density at radius 1 is 0.500 bits per heavy atom. The molecule has 9 aromatic rings. The Kier molecular flexibility index (Phi) is 5.87. The average Bonchev–Trinajstić information content (AvgIpc) is 3.73. The highest BCUT2D eigenvalue weighted by atomic mass is 16.3. The summed E-state index contributed by atoms with van der Waals surface area (Å²) in [6, 6.07) is 52.1. The second kappa shape index (κ2) is 10.5. The van der Waals surface area contributed by atoms with E-state index in [1.165, 1.54) is 5.39 Å². The van der Waals surface area contributed by atoms with Crippen molar-refractivity contribution in [2.75, 3.05) is 0 Å². The van der Waals surface area contributed by atoms with Crippen molar-refractivity contribution in [3.8, 4) is 11.1 Å². The molecule has 0 aliphatic carbocycles. The monoisotopic (exact) mass is 617 g/mol. The number of furan rings is 2. The zero-order valence-corrected chi connectivity index (χ0v) is 25.7. The molecule has 2 aromatic heterocycles. The van der Waals surface area contributed by atoms with Crippen LogP contribution in [0, 0.1) is 0 Å². The van der Waals surface area contributed by atoms with Crippen LogP contribution >= 0.6 is 0 Å². The van der Waals surface area contributed by atoms with Gasteiger partial charge in [-0.15, -0.1) is 0 Å². The number of hydrogen-bond acceptors (Lipinski definition) is 5. The van der Waals surface area contributed by atoms with Gasteiger partial charge in [-0.2, -0.15) is 0 Å². The zero-order valence-electron chi connectivity index (χ0n) is 25.7. The Bertz CT molecular complexity index is 2770. The molecule has 10 rings (SSSR count). The summed E-state index contributed by atoms with van der Waals surface area (Å²) in [5, 5.41) is 10.2. The van der Waals surface area contributed by atoms with Crippen LogP contribution in [-0.4, -0.2) is 11.7 Å². The molecule has 1 aliphatic rings. The van der Waals surface area contributed by atoms with Crippen LogP contribution in [0.4, 0.5) is 0 Å². The molecule has 0 radical (unpaired) electrons. The van der Waals surface area contributed by atoms with E-state index in [2.05, 4.69) is 108 Å². The lowest BCUT2D eigenvalue weighted by Crippen LogP contribution is -2.33. The van der Waals surface area contributed by atoms with E-state index in [4.69, 9.17) is 18.8 Å². The predicted molar refractivity (Wildman–Crippen MR) is 196 cm³/mol. The maximum atomic E-state index is 6.62. The summed E-state index contributed by atoms with van der Waals surface area (Å²) in [6.45, 7) is 0. The molecule has 0 fully saturated rings. The fourth-order valence-electron chi connectivity index (χ4n) is 7.12. The lowest BCUT2D eigenvalue weighted by Gasteiger charge is -2.24. The largest absolute Gasteiger partial charge is 0.456 e. The van der Waals surface area contributed by atoms with E-state index in [9.17, 15) is 0 Å². The Balaban J connectivity index is 1.20. The quantitative estimate of drug-likeness (QED) is 0.214. The van der Waals surface area contributed by atoms with Gasteiger partial charge in [-0.3, -0.25) is 0 Å². The molecule has 48 heavy (non-hydrogen) atoms. The minimum Gasteiger partial charge on any atom is -0.456 e. The van der Waals surface area contributed by atoms with Crippen molar-refractivity contribution in [3.05, 3.63) is 168 Å². The van der Waals surface area contributed by atoms with Crippen LogP contribution in [0.2, 0.25) is 0 Å². The van der Waals surface area contributed by atoms with Gasteiger partial charge in [-0.25, -0.2) is 9.98 Å². The molecule has 0 saturated heterocycles. The van der Waals surface area contributed by atoms with Gasteiger partial charge in [-0.05, 0) is 40.6 Å². The summed E-state index contributed by atoms with van der Waals surface area (Å²) in [7, 11) is 0. The highest BCUT2D eigenvalue weighted by molar-refractivity contribution is 6.22. The van der Waals surface area contributed by atoms with Gasteiger partial charge >= 0.3 is 0 Å². The first-order chi connectivity index (χ1) is 23.8. The normalized spacial score (nSPS) is 14.9. The standard InChI is InChI=1S/C43H27N3O2/c1-2-12-27(13-3-1)30-16-8-17-32-39-34(19-10-22-37(39)48-40(30)32)43-45-41(29-24-23-26-11-4-5-14-28(26)25-29)44-42(46-43)33-18-9-21-36-38(33)31-15-6-7-20-35(31)47-36/h1-25,43H,(H,44,45,46). The first kappa shape index (κ1) is 26.7. The van der Waals surface area contributed by atoms with Crippen LogP contribution in [-0.2, 0) is 0 Å². The number of rotatable bonds is 4. The van der Waals surface area contributed by atoms with Gasteiger partial charge in [-0.1, -0.05) is 127 Å². The van der Waals surface area contributed by atoms with Crippen molar-refractivity contribution in [2.24, 2.45) is 9.98 Å². The van der Waals surface area contributed by atoms with Gasteiger partial charge in [0, 0.05) is 43.8 Å². The Hall–Kier alpha value is -6.46. The third-order valence-corrected chi connectivity index (χ3v) is 9.34.